The molecule has 0 rings (SSSR count). The van der Waals surface area contributed by atoms with E-state index in [0.717, 1.165) is 25.7 Å². The zero-order valence-corrected chi connectivity index (χ0v) is 28.1. The van der Waals surface area contributed by atoms with Crippen LogP contribution in [0.2, 0.25) is 0 Å². The Hall–Kier alpha value is -1.06. The van der Waals surface area contributed by atoms with Crippen molar-refractivity contribution in [1.29, 1.82) is 0 Å². The van der Waals surface area contributed by atoms with Gasteiger partial charge in [-0.25, -0.2) is 0 Å². The average molecular weight is 581 g/mol. The molecule has 0 atom stereocenters. The van der Waals surface area contributed by atoms with Crippen LogP contribution in [-0.2, 0) is 19.1 Å². The van der Waals surface area contributed by atoms with Gasteiger partial charge in [0, 0.05) is 12.8 Å². The van der Waals surface area contributed by atoms with Crippen molar-refractivity contribution in [2.24, 2.45) is 5.92 Å². The maximum absolute atomic E-state index is 12.5. The molecule has 0 unspecified atom stereocenters. The molecular formula is C37H72O4. The summed E-state index contributed by atoms with van der Waals surface area (Å²) in [5.74, 6) is 0.547. The molecule has 0 radical (unpaired) electrons. The lowest BCUT2D eigenvalue weighted by atomic mass is 9.91. The number of rotatable bonds is 33. The fraction of sp³-hybridized carbons (Fsp3) is 0.946. The van der Waals surface area contributed by atoms with Crippen LogP contribution in [0.1, 0.15) is 207 Å². The van der Waals surface area contributed by atoms with Crippen molar-refractivity contribution in [2.75, 3.05) is 13.2 Å². The summed E-state index contributed by atoms with van der Waals surface area (Å²) in [5.41, 5.74) is 0. The fourth-order valence-electron chi connectivity index (χ4n) is 5.65. The van der Waals surface area contributed by atoms with Gasteiger partial charge in [-0.3, -0.25) is 9.59 Å². The lowest BCUT2D eigenvalue weighted by Gasteiger charge is -2.16. The highest BCUT2D eigenvalue weighted by molar-refractivity contribution is 5.69. The van der Waals surface area contributed by atoms with Gasteiger partial charge in [0.25, 0.3) is 0 Å². The number of esters is 2. The Kier molecular flexibility index (Phi) is 32.6. The van der Waals surface area contributed by atoms with Crippen molar-refractivity contribution in [2.45, 2.75) is 207 Å². The van der Waals surface area contributed by atoms with Crippen LogP contribution in [0.25, 0.3) is 0 Å². The second-order valence-electron chi connectivity index (χ2n) is 12.6. The van der Waals surface area contributed by atoms with Crippen LogP contribution in [0.15, 0.2) is 0 Å². The molecule has 0 aromatic carbocycles. The first kappa shape index (κ1) is 39.9. The third-order valence-electron chi connectivity index (χ3n) is 8.44. The van der Waals surface area contributed by atoms with E-state index >= 15 is 0 Å². The van der Waals surface area contributed by atoms with Crippen LogP contribution in [0.3, 0.4) is 0 Å². The van der Waals surface area contributed by atoms with Crippen molar-refractivity contribution in [3.05, 3.63) is 0 Å². The molecule has 0 aliphatic carbocycles. The fourth-order valence-corrected chi connectivity index (χ4v) is 5.65. The standard InChI is InChI=1S/C37H72O4/c1-4-7-10-20-24-29-35(30-25-21-11-8-5-2)34-37(39)41-33-28-23-19-17-15-13-14-16-18-22-27-32-40-36(38)31-26-12-9-6-3/h35H,4-34H2,1-3H3. The predicted molar refractivity (Wildman–Crippen MR) is 176 cm³/mol. The molecule has 0 bridgehead atoms. The summed E-state index contributed by atoms with van der Waals surface area (Å²) in [6.07, 6.45) is 34.6. The topological polar surface area (TPSA) is 52.6 Å². The van der Waals surface area contributed by atoms with E-state index < -0.39 is 0 Å². The normalized spacial score (nSPS) is 11.3. The van der Waals surface area contributed by atoms with E-state index in [9.17, 15) is 9.59 Å². The van der Waals surface area contributed by atoms with Gasteiger partial charge in [-0.15, -0.1) is 0 Å². The molecular weight excluding hydrogens is 508 g/mol. The number of hydrogen-bond donors (Lipinski definition) is 0. The van der Waals surface area contributed by atoms with Crippen LogP contribution in [0, 0.1) is 5.92 Å². The van der Waals surface area contributed by atoms with Gasteiger partial charge in [0.1, 0.15) is 0 Å². The largest absolute Gasteiger partial charge is 0.466 e. The summed E-state index contributed by atoms with van der Waals surface area (Å²) in [6.45, 7) is 7.91. The number of carbonyl (C=O) groups is 2. The van der Waals surface area contributed by atoms with Crippen molar-refractivity contribution in [1.82, 2.24) is 0 Å². The van der Waals surface area contributed by atoms with Crippen molar-refractivity contribution in [3.63, 3.8) is 0 Å². The first-order valence-electron chi connectivity index (χ1n) is 18.4. The van der Waals surface area contributed by atoms with Gasteiger partial charge in [-0.05, 0) is 38.0 Å². The average Bonchev–Trinajstić information content (AvgIpc) is 2.96. The first-order chi connectivity index (χ1) is 20.1. The van der Waals surface area contributed by atoms with Gasteiger partial charge in [0.05, 0.1) is 13.2 Å². The Morgan fingerprint density at radius 1 is 0.415 bits per heavy atom. The molecule has 0 saturated carbocycles. The van der Waals surface area contributed by atoms with E-state index in [-0.39, 0.29) is 11.9 Å². The van der Waals surface area contributed by atoms with E-state index in [1.165, 1.54) is 148 Å². The summed E-state index contributed by atoms with van der Waals surface area (Å²) >= 11 is 0. The van der Waals surface area contributed by atoms with E-state index in [0.29, 0.717) is 32.0 Å². The summed E-state index contributed by atoms with van der Waals surface area (Å²) < 4.78 is 11.0. The minimum Gasteiger partial charge on any atom is -0.466 e. The van der Waals surface area contributed by atoms with E-state index in [1.807, 2.05) is 0 Å². The lowest BCUT2D eigenvalue weighted by molar-refractivity contribution is -0.145. The van der Waals surface area contributed by atoms with Gasteiger partial charge >= 0.3 is 11.9 Å². The summed E-state index contributed by atoms with van der Waals surface area (Å²) in [4.78, 5) is 24.1. The van der Waals surface area contributed by atoms with Crippen molar-refractivity contribution >= 4 is 11.9 Å². The molecule has 4 nitrogen and oxygen atoms in total. The van der Waals surface area contributed by atoms with Gasteiger partial charge in [0.2, 0.25) is 0 Å². The Labute approximate surface area is 256 Å². The minimum absolute atomic E-state index is 0.0140. The highest BCUT2D eigenvalue weighted by Crippen LogP contribution is 2.22. The van der Waals surface area contributed by atoms with E-state index in [2.05, 4.69) is 20.8 Å². The summed E-state index contributed by atoms with van der Waals surface area (Å²) in [7, 11) is 0. The number of ether oxygens (including phenoxy) is 2. The lowest BCUT2D eigenvalue weighted by Crippen LogP contribution is -2.13. The zero-order valence-electron chi connectivity index (χ0n) is 28.1. The van der Waals surface area contributed by atoms with Gasteiger partial charge in [0.15, 0.2) is 0 Å². The maximum atomic E-state index is 12.5. The van der Waals surface area contributed by atoms with Gasteiger partial charge < -0.3 is 9.47 Å². The molecule has 41 heavy (non-hydrogen) atoms. The molecule has 0 amide bonds. The molecule has 0 spiro atoms. The molecule has 0 fully saturated rings. The molecule has 0 N–H and O–H groups in total. The smallest absolute Gasteiger partial charge is 0.306 e. The third kappa shape index (κ3) is 31.7. The molecule has 0 aromatic heterocycles. The SMILES string of the molecule is CCCCCCCC(CCCCCCC)CC(=O)OCCCCCCCCCCCCCOC(=O)CCCCCC. The summed E-state index contributed by atoms with van der Waals surface area (Å²) in [6, 6.07) is 0. The van der Waals surface area contributed by atoms with Crippen molar-refractivity contribution < 1.29 is 19.1 Å². The molecule has 0 aliphatic heterocycles. The second-order valence-corrected chi connectivity index (χ2v) is 12.6. The highest BCUT2D eigenvalue weighted by atomic mass is 16.5. The van der Waals surface area contributed by atoms with Gasteiger partial charge in [-0.2, -0.15) is 0 Å². The van der Waals surface area contributed by atoms with Crippen LogP contribution >= 0.6 is 0 Å². The van der Waals surface area contributed by atoms with E-state index in [4.69, 9.17) is 9.47 Å². The number of unbranched alkanes of at least 4 members (excludes halogenated alkanes) is 21. The molecule has 0 heterocycles. The van der Waals surface area contributed by atoms with Crippen LogP contribution in [-0.4, -0.2) is 25.2 Å². The number of hydrogen-bond acceptors (Lipinski definition) is 4. The highest BCUT2D eigenvalue weighted by Gasteiger charge is 2.15. The monoisotopic (exact) mass is 581 g/mol. The zero-order chi connectivity index (χ0) is 30.1. The Bertz CT molecular complexity index is 533. The number of carbonyl (C=O) groups excluding carboxylic acids is 2. The Morgan fingerprint density at radius 2 is 0.756 bits per heavy atom. The Morgan fingerprint density at radius 3 is 1.20 bits per heavy atom. The van der Waals surface area contributed by atoms with Crippen LogP contribution in [0.4, 0.5) is 0 Å². The molecule has 244 valence electrons. The quantitative estimate of drug-likeness (QED) is 0.0572. The van der Waals surface area contributed by atoms with E-state index in [1.54, 1.807) is 0 Å². The minimum atomic E-state index is -0.0140. The van der Waals surface area contributed by atoms with Crippen LogP contribution in [0.5, 0.6) is 0 Å². The predicted octanol–water partition coefficient (Wildman–Crippen LogP) is 12.1. The van der Waals surface area contributed by atoms with Crippen LogP contribution < -0.4 is 0 Å². The Balaban J connectivity index is 3.62. The second kappa shape index (κ2) is 33.4. The summed E-state index contributed by atoms with van der Waals surface area (Å²) in [5, 5.41) is 0. The third-order valence-corrected chi connectivity index (χ3v) is 8.44. The molecule has 0 aromatic rings. The molecule has 0 aliphatic rings. The van der Waals surface area contributed by atoms with Gasteiger partial charge in [-0.1, -0.05) is 162 Å². The first-order valence-corrected chi connectivity index (χ1v) is 18.4. The molecule has 4 heteroatoms. The van der Waals surface area contributed by atoms with Crippen molar-refractivity contribution in [3.8, 4) is 0 Å². The molecule has 0 saturated heterocycles. The maximum Gasteiger partial charge on any atom is 0.306 e.